The molecule has 1 aliphatic heterocycles. The summed E-state index contributed by atoms with van der Waals surface area (Å²) in [6.07, 6.45) is 2.15. The van der Waals surface area contributed by atoms with Crippen LogP contribution in [-0.2, 0) is 4.79 Å². The maximum absolute atomic E-state index is 13.1. The Bertz CT molecular complexity index is 824. The first-order chi connectivity index (χ1) is 14.3. The largest absolute Gasteiger partial charge is 0.494 e. The lowest BCUT2D eigenvalue weighted by Crippen LogP contribution is -2.39. The molecule has 6 heteroatoms. The molecular formula is C24H30F2N2O2. The number of amides is 1. The number of anilines is 1. The van der Waals surface area contributed by atoms with Gasteiger partial charge < -0.3 is 15.0 Å². The summed E-state index contributed by atoms with van der Waals surface area (Å²) in [5.74, 6) is -3.17. The fourth-order valence-corrected chi connectivity index (χ4v) is 3.85. The number of carbonyl (C=O) groups is 1. The molecule has 3 rings (SSSR count). The maximum atomic E-state index is 13.1. The standard InChI is InChI=1S/C24H30F2N2O2/c1-4-30-22-11-7-19(8-12-22)20-13-15-28(16-14-20)21-9-5-18(6-10-21)17(2)27-23(29)24(3,25)26/h5-12,17,20H,4,13-16H2,1-3H3,(H,27,29)/t17-/m0/s1. The third-order valence-electron chi connectivity index (χ3n) is 5.66. The fourth-order valence-electron chi connectivity index (χ4n) is 3.85. The summed E-state index contributed by atoms with van der Waals surface area (Å²) in [6, 6.07) is 15.7. The summed E-state index contributed by atoms with van der Waals surface area (Å²) >= 11 is 0. The Labute approximate surface area is 177 Å². The highest BCUT2D eigenvalue weighted by Crippen LogP contribution is 2.32. The number of alkyl halides is 2. The molecule has 0 aliphatic carbocycles. The zero-order chi connectivity index (χ0) is 21.7. The average molecular weight is 417 g/mol. The highest BCUT2D eigenvalue weighted by atomic mass is 19.3. The highest BCUT2D eigenvalue weighted by Gasteiger charge is 2.33. The van der Waals surface area contributed by atoms with Crippen molar-refractivity contribution in [2.45, 2.75) is 51.5 Å². The van der Waals surface area contributed by atoms with Crippen molar-refractivity contribution in [3.05, 3.63) is 59.7 Å². The molecule has 2 aromatic carbocycles. The highest BCUT2D eigenvalue weighted by molar-refractivity contribution is 5.83. The van der Waals surface area contributed by atoms with Gasteiger partial charge in [0.25, 0.3) is 5.91 Å². The molecule has 1 N–H and O–H groups in total. The third-order valence-corrected chi connectivity index (χ3v) is 5.66. The van der Waals surface area contributed by atoms with Gasteiger partial charge in [0, 0.05) is 25.7 Å². The maximum Gasteiger partial charge on any atom is 0.321 e. The first kappa shape index (κ1) is 22.1. The molecule has 1 atom stereocenters. The van der Waals surface area contributed by atoms with Crippen LogP contribution < -0.4 is 15.0 Å². The number of halogens is 2. The minimum atomic E-state index is -3.37. The molecule has 1 amide bonds. The van der Waals surface area contributed by atoms with Crippen molar-refractivity contribution in [3.63, 3.8) is 0 Å². The molecule has 1 aliphatic rings. The first-order valence-electron chi connectivity index (χ1n) is 10.5. The van der Waals surface area contributed by atoms with E-state index < -0.39 is 17.9 Å². The van der Waals surface area contributed by atoms with Crippen molar-refractivity contribution in [1.82, 2.24) is 5.32 Å². The molecular weight excluding hydrogens is 386 g/mol. The van der Waals surface area contributed by atoms with Crippen LogP contribution in [0.15, 0.2) is 48.5 Å². The number of nitrogens with one attached hydrogen (secondary N) is 1. The zero-order valence-electron chi connectivity index (χ0n) is 17.8. The van der Waals surface area contributed by atoms with E-state index in [1.807, 2.05) is 43.3 Å². The lowest BCUT2D eigenvalue weighted by atomic mass is 9.89. The normalized spacial score (nSPS) is 16.2. The summed E-state index contributed by atoms with van der Waals surface area (Å²) < 4.78 is 31.7. The predicted octanol–water partition coefficient (Wildman–Crippen LogP) is 5.30. The van der Waals surface area contributed by atoms with Crippen LogP contribution in [-0.4, -0.2) is 31.5 Å². The smallest absolute Gasteiger partial charge is 0.321 e. The van der Waals surface area contributed by atoms with E-state index >= 15 is 0 Å². The molecule has 0 radical (unpaired) electrons. The van der Waals surface area contributed by atoms with Gasteiger partial charge >= 0.3 is 5.92 Å². The monoisotopic (exact) mass is 416 g/mol. The van der Waals surface area contributed by atoms with E-state index in [0.29, 0.717) is 19.4 Å². The van der Waals surface area contributed by atoms with E-state index in [1.54, 1.807) is 6.92 Å². The van der Waals surface area contributed by atoms with E-state index in [9.17, 15) is 13.6 Å². The van der Waals surface area contributed by atoms with Crippen LogP contribution in [0.5, 0.6) is 5.75 Å². The number of hydrogen-bond donors (Lipinski definition) is 1. The van der Waals surface area contributed by atoms with Gasteiger partial charge in [-0.1, -0.05) is 24.3 Å². The van der Waals surface area contributed by atoms with Crippen LogP contribution >= 0.6 is 0 Å². The van der Waals surface area contributed by atoms with Crippen molar-refractivity contribution >= 4 is 11.6 Å². The summed E-state index contributed by atoms with van der Waals surface area (Å²) in [6.45, 7) is 6.90. The van der Waals surface area contributed by atoms with Crippen molar-refractivity contribution < 1.29 is 18.3 Å². The Kier molecular flexibility index (Phi) is 6.95. The Morgan fingerprint density at radius 1 is 1.13 bits per heavy atom. The molecule has 2 aromatic rings. The number of ether oxygens (including phenoxy) is 1. The number of carbonyl (C=O) groups excluding carboxylic acids is 1. The first-order valence-corrected chi connectivity index (χ1v) is 10.5. The van der Waals surface area contributed by atoms with Gasteiger partial charge in [-0.3, -0.25) is 4.79 Å². The second kappa shape index (κ2) is 9.45. The molecule has 30 heavy (non-hydrogen) atoms. The molecule has 0 aromatic heterocycles. The molecule has 0 saturated carbocycles. The van der Waals surface area contributed by atoms with Gasteiger partial charge in [-0.25, -0.2) is 0 Å². The minimum absolute atomic E-state index is 0.470. The number of piperidine rings is 1. The van der Waals surface area contributed by atoms with E-state index in [4.69, 9.17) is 4.74 Å². The Balaban J connectivity index is 1.55. The second-order valence-corrected chi connectivity index (χ2v) is 7.94. The Morgan fingerprint density at radius 2 is 1.73 bits per heavy atom. The Hall–Kier alpha value is -2.63. The lowest BCUT2D eigenvalue weighted by Gasteiger charge is -2.34. The van der Waals surface area contributed by atoms with E-state index in [-0.39, 0.29) is 0 Å². The van der Waals surface area contributed by atoms with Crippen molar-refractivity contribution in [2.75, 3.05) is 24.6 Å². The number of hydrogen-bond acceptors (Lipinski definition) is 3. The van der Waals surface area contributed by atoms with E-state index in [2.05, 4.69) is 22.3 Å². The van der Waals surface area contributed by atoms with Crippen LogP contribution in [0.2, 0.25) is 0 Å². The molecule has 1 saturated heterocycles. The average Bonchev–Trinajstić information content (AvgIpc) is 2.74. The SMILES string of the molecule is CCOc1ccc(C2CCN(c3ccc([C@H](C)NC(=O)C(C)(F)F)cc3)CC2)cc1. The number of rotatable bonds is 7. The van der Waals surface area contributed by atoms with Crippen LogP contribution in [0.1, 0.15) is 56.7 Å². The summed E-state index contributed by atoms with van der Waals surface area (Å²) in [5.41, 5.74) is 3.27. The van der Waals surface area contributed by atoms with Gasteiger partial charge in [0.15, 0.2) is 0 Å². The lowest BCUT2D eigenvalue weighted by molar-refractivity contribution is -0.143. The van der Waals surface area contributed by atoms with Crippen LogP contribution in [0, 0.1) is 0 Å². The molecule has 0 unspecified atom stereocenters. The minimum Gasteiger partial charge on any atom is -0.494 e. The van der Waals surface area contributed by atoms with Gasteiger partial charge in [-0.05, 0) is 68.0 Å². The van der Waals surface area contributed by atoms with Gasteiger partial charge in [-0.15, -0.1) is 0 Å². The topological polar surface area (TPSA) is 41.6 Å². The number of benzene rings is 2. The van der Waals surface area contributed by atoms with Gasteiger partial charge in [0.1, 0.15) is 5.75 Å². The molecule has 4 nitrogen and oxygen atoms in total. The van der Waals surface area contributed by atoms with Gasteiger partial charge in [0.2, 0.25) is 0 Å². The van der Waals surface area contributed by atoms with Gasteiger partial charge in [0.05, 0.1) is 12.6 Å². The second-order valence-electron chi connectivity index (χ2n) is 7.94. The molecule has 0 bridgehead atoms. The molecule has 1 heterocycles. The summed E-state index contributed by atoms with van der Waals surface area (Å²) in [7, 11) is 0. The van der Waals surface area contributed by atoms with Crippen LogP contribution in [0.25, 0.3) is 0 Å². The van der Waals surface area contributed by atoms with Gasteiger partial charge in [-0.2, -0.15) is 8.78 Å². The predicted molar refractivity (Wildman–Crippen MR) is 115 cm³/mol. The molecule has 1 fully saturated rings. The van der Waals surface area contributed by atoms with Crippen molar-refractivity contribution in [1.29, 1.82) is 0 Å². The molecule has 162 valence electrons. The van der Waals surface area contributed by atoms with E-state index in [0.717, 1.165) is 42.9 Å². The van der Waals surface area contributed by atoms with Crippen LogP contribution in [0.3, 0.4) is 0 Å². The van der Waals surface area contributed by atoms with Crippen LogP contribution in [0.4, 0.5) is 14.5 Å². The summed E-state index contributed by atoms with van der Waals surface area (Å²) in [5, 5.41) is 2.36. The van der Waals surface area contributed by atoms with Crippen molar-refractivity contribution in [3.8, 4) is 5.75 Å². The Morgan fingerprint density at radius 3 is 2.27 bits per heavy atom. The number of nitrogens with zero attached hydrogens (tertiary/aromatic N) is 1. The molecule has 0 spiro atoms. The van der Waals surface area contributed by atoms with E-state index in [1.165, 1.54) is 5.56 Å². The zero-order valence-corrected chi connectivity index (χ0v) is 17.8. The third kappa shape index (κ3) is 5.49. The quantitative estimate of drug-likeness (QED) is 0.666. The fraction of sp³-hybridized carbons (Fsp3) is 0.458. The van der Waals surface area contributed by atoms with Crippen molar-refractivity contribution in [2.24, 2.45) is 0 Å². The summed E-state index contributed by atoms with van der Waals surface area (Å²) in [4.78, 5) is 13.8.